The van der Waals surface area contributed by atoms with Crippen LogP contribution in [-0.2, 0) is 11.2 Å². The Morgan fingerprint density at radius 3 is 2.91 bits per heavy atom. The number of fused-ring (bicyclic) bond motifs is 1. The summed E-state index contributed by atoms with van der Waals surface area (Å²) in [5, 5.41) is 21.7. The van der Waals surface area contributed by atoms with Gasteiger partial charge in [-0.25, -0.2) is 5.48 Å². The molecule has 5 heteroatoms. The highest BCUT2D eigenvalue weighted by molar-refractivity contribution is 5.90. The van der Waals surface area contributed by atoms with Crippen LogP contribution in [0.2, 0.25) is 0 Å². The van der Waals surface area contributed by atoms with Gasteiger partial charge in [0.05, 0.1) is 6.61 Å². The van der Waals surface area contributed by atoms with Crippen molar-refractivity contribution in [3.05, 3.63) is 41.0 Å². The van der Waals surface area contributed by atoms with Crippen LogP contribution in [0.3, 0.4) is 0 Å². The number of aliphatic hydroxyl groups is 1. The summed E-state index contributed by atoms with van der Waals surface area (Å²) in [5.74, 6) is -0.104. The molecule has 3 unspecified atom stereocenters. The van der Waals surface area contributed by atoms with Crippen molar-refractivity contribution in [1.29, 1.82) is 0 Å². The van der Waals surface area contributed by atoms with E-state index in [1.165, 1.54) is 17.2 Å². The third-order valence-electron chi connectivity index (χ3n) is 4.72. The zero-order chi connectivity index (χ0) is 16.8. The van der Waals surface area contributed by atoms with E-state index in [-0.39, 0.29) is 18.7 Å². The molecule has 0 saturated heterocycles. The molecule has 0 spiro atoms. The van der Waals surface area contributed by atoms with Crippen molar-refractivity contribution in [3.8, 4) is 0 Å². The monoisotopic (exact) mass is 318 g/mol. The second-order valence-corrected chi connectivity index (χ2v) is 6.20. The van der Waals surface area contributed by atoms with E-state index in [0.717, 1.165) is 24.8 Å². The van der Waals surface area contributed by atoms with E-state index in [2.05, 4.69) is 31.3 Å². The van der Waals surface area contributed by atoms with Crippen LogP contribution in [0.25, 0.3) is 6.08 Å². The maximum Gasteiger partial charge on any atom is 0.267 e. The second kappa shape index (κ2) is 8.24. The lowest BCUT2D eigenvalue weighted by Gasteiger charge is -2.26. The zero-order valence-electron chi connectivity index (χ0n) is 13.7. The molecule has 1 aliphatic carbocycles. The molecule has 1 aromatic carbocycles. The minimum absolute atomic E-state index is 0.115. The third kappa shape index (κ3) is 4.41. The van der Waals surface area contributed by atoms with Crippen molar-refractivity contribution in [3.63, 3.8) is 0 Å². The highest BCUT2D eigenvalue weighted by atomic mass is 16.5. The summed E-state index contributed by atoms with van der Waals surface area (Å²) in [6.45, 7) is 4.44. The van der Waals surface area contributed by atoms with Gasteiger partial charge >= 0.3 is 0 Å². The average Bonchev–Trinajstić information content (AvgIpc) is 2.98. The minimum atomic E-state index is -0.538. The molecule has 1 amide bonds. The average molecular weight is 318 g/mol. The van der Waals surface area contributed by atoms with E-state index < -0.39 is 5.91 Å². The van der Waals surface area contributed by atoms with E-state index in [0.29, 0.717) is 5.92 Å². The number of carbonyl (C=O) groups excluding carboxylic acids is 1. The molecule has 0 bridgehead atoms. The van der Waals surface area contributed by atoms with Gasteiger partial charge < -0.3 is 10.4 Å². The van der Waals surface area contributed by atoms with Gasteiger partial charge in [0.1, 0.15) is 0 Å². The van der Waals surface area contributed by atoms with Crippen molar-refractivity contribution in [2.24, 2.45) is 5.92 Å². The van der Waals surface area contributed by atoms with Crippen LogP contribution in [0.15, 0.2) is 24.3 Å². The molecule has 0 radical (unpaired) electrons. The molecular formula is C18H26N2O3. The van der Waals surface area contributed by atoms with Crippen molar-refractivity contribution in [1.82, 2.24) is 10.8 Å². The molecule has 0 fully saturated rings. The van der Waals surface area contributed by atoms with Crippen molar-refractivity contribution in [2.75, 3.05) is 6.61 Å². The Morgan fingerprint density at radius 2 is 2.26 bits per heavy atom. The summed E-state index contributed by atoms with van der Waals surface area (Å²) < 4.78 is 0. The molecule has 1 aliphatic rings. The van der Waals surface area contributed by atoms with Crippen LogP contribution in [0.1, 0.15) is 49.4 Å². The molecule has 0 aliphatic heterocycles. The number of aliphatic hydroxyl groups excluding tert-OH is 1. The number of benzene rings is 1. The molecule has 1 aromatic rings. The van der Waals surface area contributed by atoms with Crippen molar-refractivity contribution >= 4 is 12.0 Å². The van der Waals surface area contributed by atoms with Crippen LogP contribution in [-0.4, -0.2) is 28.9 Å². The Balaban J connectivity index is 2.09. The first-order valence-corrected chi connectivity index (χ1v) is 8.20. The second-order valence-electron chi connectivity index (χ2n) is 6.20. The number of rotatable bonds is 7. The summed E-state index contributed by atoms with van der Waals surface area (Å²) in [7, 11) is 0. The number of nitrogens with one attached hydrogen (secondary N) is 2. The minimum Gasteiger partial charge on any atom is -0.395 e. The lowest BCUT2D eigenvalue weighted by molar-refractivity contribution is -0.124. The van der Waals surface area contributed by atoms with Gasteiger partial charge in [0.15, 0.2) is 0 Å². The number of carbonyl (C=O) groups is 1. The first-order chi connectivity index (χ1) is 11.1. The van der Waals surface area contributed by atoms with E-state index in [4.69, 9.17) is 5.21 Å². The van der Waals surface area contributed by atoms with Gasteiger partial charge in [-0.2, -0.15) is 0 Å². The van der Waals surface area contributed by atoms with Crippen LogP contribution < -0.4 is 10.8 Å². The molecular weight excluding hydrogens is 292 g/mol. The number of hydrogen-bond donors (Lipinski definition) is 4. The fraction of sp³-hybridized carbons (Fsp3) is 0.500. The Hall–Kier alpha value is -1.69. The van der Waals surface area contributed by atoms with Gasteiger partial charge in [0.25, 0.3) is 5.91 Å². The fourth-order valence-corrected chi connectivity index (χ4v) is 3.06. The summed E-state index contributed by atoms with van der Waals surface area (Å²) in [6.07, 6.45) is 6.03. The van der Waals surface area contributed by atoms with Gasteiger partial charge in [-0.05, 0) is 41.5 Å². The smallest absolute Gasteiger partial charge is 0.267 e. The van der Waals surface area contributed by atoms with E-state index in [1.807, 2.05) is 6.07 Å². The molecule has 5 nitrogen and oxygen atoms in total. The Labute approximate surface area is 137 Å². The normalized spacial score (nSPS) is 19.6. The number of hydroxylamine groups is 1. The van der Waals surface area contributed by atoms with Gasteiger partial charge in [-0.3, -0.25) is 10.0 Å². The number of amides is 1. The van der Waals surface area contributed by atoms with E-state index in [1.54, 1.807) is 11.6 Å². The number of aryl methyl sites for hydroxylation is 1. The highest BCUT2D eigenvalue weighted by Gasteiger charge is 2.26. The van der Waals surface area contributed by atoms with Crippen LogP contribution in [0.5, 0.6) is 0 Å². The van der Waals surface area contributed by atoms with Crippen molar-refractivity contribution in [2.45, 2.75) is 45.2 Å². The first-order valence-electron chi connectivity index (χ1n) is 8.20. The van der Waals surface area contributed by atoms with Gasteiger partial charge in [-0.15, -0.1) is 0 Å². The first kappa shape index (κ1) is 17.7. The summed E-state index contributed by atoms with van der Waals surface area (Å²) in [4.78, 5) is 11.0. The molecule has 4 N–H and O–H groups in total. The molecule has 3 atom stereocenters. The van der Waals surface area contributed by atoms with E-state index >= 15 is 0 Å². The molecule has 0 saturated carbocycles. The Kier molecular flexibility index (Phi) is 6.33. The fourth-order valence-electron chi connectivity index (χ4n) is 3.06. The third-order valence-corrected chi connectivity index (χ3v) is 4.72. The molecule has 0 heterocycles. The summed E-state index contributed by atoms with van der Waals surface area (Å²) in [5.41, 5.74) is 5.06. The summed E-state index contributed by atoms with van der Waals surface area (Å²) >= 11 is 0. The lowest BCUT2D eigenvalue weighted by atomic mass is 9.97. The van der Waals surface area contributed by atoms with Crippen LogP contribution >= 0.6 is 0 Å². The molecule has 2 rings (SSSR count). The molecule has 23 heavy (non-hydrogen) atoms. The maximum absolute atomic E-state index is 11.0. The predicted octanol–water partition coefficient (Wildman–Crippen LogP) is 2.19. The summed E-state index contributed by atoms with van der Waals surface area (Å²) in [6, 6.07) is 6.52. The number of hydrogen-bond acceptors (Lipinski definition) is 4. The van der Waals surface area contributed by atoms with Gasteiger partial charge in [0, 0.05) is 18.2 Å². The maximum atomic E-state index is 11.0. The SMILES string of the molecule is CCC(C)C(CO)NC1CCc2cc(/C=C/C(=O)NO)ccc21. The zero-order valence-corrected chi connectivity index (χ0v) is 13.7. The van der Waals surface area contributed by atoms with Crippen LogP contribution in [0.4, 0.5) is 0 Å². The van der Waals surface area contributed by atoms with Crippen LogP contribution in [0, 0.1) is 5.92 Å². The Bertz CT molecular complexity index is 571. The van der Waals surface area contributed by atoms with Crippen molar-refractivity contribution < 1.29 is 15.1 Å². The topological polar surface area (TPSA) is 81.6 Å². The Morgan fingerprint density at radius 1 is 1.48 bits per heavy atom. The molecule has 126 valence electrons. The standard InChI is InChI=1S/C18H26N2O3/c1-3-12(2)17(11-21)19-16-8-6-14-10-13(4-7-15(14)16)5-9-18(22)20-23/h4-5,7,9-10,12,16-17,19,21,23H,3,6,8,11H2,1-2H3,(H,20,22)/b9-5+. The lowest BCUT2D eigenvalue weighted by Crippen LogP contribution is -2.39. The quantitative estimate of drug-likeness (QED) is 0.353. The van der Waals surface area contributed by atoms with Gasteiger partial charge in [0.2, 0.25) is 0 Å². The highest BCUT2D eigenvalue weighted by Crippen LogP contribution is 2.33. The van der Waals surface area contributed by atoms with E-state index in [9.17, 15) is 9.90 Å². The van der Waals surface area contributed by atoms with Gasteiger partial charge in [-0.1, -0.05) is 38.5 Å². The molecule has 0 aromatic heterocycles. The largest absolute Gasteiger partial charge is 0.395 e. The predicted molar refractivity (Wildman–Crippen MR) is 89.9 cm³/mol.